The summed E-state index contributed by atoms with van der Waals surface area (Å²) in [6.07, 6.45) is 2.13. The molecule has 1 N–H and O–H groups in total. The molecule has 0 saturated carbocycles. The third-order valence-electron chi connectivity index (χ3n) is 2.97. The largest absolute Gasteiger partial charge is 0.494 e. The number of ether oxygens (including phenoxy) is 1. The summed E-state index contributed by atoms with van der Waals surface area (Å²) in [4.78, 5) is 11.9. The van der Waals surface area contributed by atoms with Gasteiger partial charge in [0.25, 0.3) is 0 Å². The monoisotopic (exact) mass is 324 g/mol. The van der Waals surface area contributed by atoms with Crippen molar-refractivity contribution in [1.29, 1.82) is 0 Å². The van der Waals surface area contributed by atoms with E-state index in [0.717, 1.165) is 22.8 Å². The van der Waals surface area contributed by atoms with Crippen LogP contribution in [0.4, 0.5) is 0 Å². The zero-order valence-corrected chi connectivity index (χ0v) is 13.9. The summed E-state index contributed by atoms with van der Waals surface area (Å²) in [5.41, 5.74) is 3.52. The van der Waals surface area contributed by atoms with Crippen LogP contribution in [0.2, 0.25) is 0 Å². The lowest BCUT2D eigenvalue weighted by molar-refractivity contribution is -0.121. The number of thioether (sulfide) groups is 2. The minimum atomic E-state index is -0.0402. The smallest absolute Gasteiger partial charge is 0.242 e. The van der Waals surface area contributed by atoms with Crippen LogP contribution in [0.5, 0.6) is 5.75 Å². The van der Waals surface area contributed by atoms with Crippen molar-refractivity contribution in [3.8, 4) is 5.75 Å². The van der Waals surface area contributed by atoms with Gasteiger partial charge in [0.2, 0.25) is 5.91 Å². The first kappa shape index (κ1) is 16.2. The molecule has 1 saturated heterocycles. The van der Waals surface area contributed by atoms with Crippen LogP contribution in [-0.2, 0) is 4.79 Å². The fourth-order valence-corrected chi connectivity index (χ4v) is 4.82. The molecule has 21 heavy (non-hydrogen) atoms. The summed E-state index contributed by atoms with van der Waals surface area (Å²) in [5.74, 6) is 3.02. The van der Waals surface area contributed by atoms with Crippen LogP contribution in [0.25, 0.3) is 0 Å². The summed E-state index contributed by atoms with van der Waals surface area (Å²) in [6.45, 7) is 4.72. The van der Waals surface area contributed by atoms with E-state index >= 15 is 0 Å². The molecule has 1 aliphatic heterocycles. The molecule has 1 aromatic rings. The van der Waals surface area contributed by atoms with Gasteiger partial charge < -0.3 is 4.74 Å². The van der Waals surface area contributed by atoms with E-state index in [2.05, 4.69) is 17.5 Å². The first-order chi connectivity index (χ1) is 10.1. The minimum Gasteiger partial charge on any atom is -0.494 e. The highest BCUT2D eigenvalue weighted by Gasteiger charge is 2.32. The van der Waals surface area contributed by atoms with Crippen LogP contribution in [-0.4, -0.2) is 34.3 Å². The van der Waals surface area contributed by atoms with Gasteiger partial charge in [-0.3, -0.25) is 4.79 Å². The molecule has 1 amide bonds. The molecule has 6 heteroatoms. The fraction of sp³-hybridized carbons (Fsp3) is 0.467. The Labute approximate surface area is 134 Å². The average Bonchev–Trinajstić information content (AvgIpc) is 2.87. The van der Waals surface area contributed by atoms with Gasteiger partial charge in [0.15, 0.2) is 0 Å². The van der Waals surface area contributed by atoms with Gasteiger partial charge in [-0.1, -0.05) is 0 Å². The number of benzene rings is 1. The van der Waals surface area contributed by atoms with E-state index in [-0.39, 0.29) is 9.99 Å². The molecule has 0 radical (unpaired) electrons. The number of nitrogens with one attached hydrogen (secondary N) is 1. The number of carbonyl (C=O) groups excluding carboxylic acids is 1. The third-order valence-corrected chi connectivity index (χ3v) is 6.27. The van der Waals surface area contributed by atoms with Crippen LogP contribution in [0.3, 0.4) is 0 Å². The minimum absolute atomic E-state index is 0.00125. The summed E-state index contributed by atoms with van der Waals surface area (Å²) >= 11 is 3.69. The van der Waals surface area contributed by atoms with Crippen LogP contribution >= 0.6 is 23.5 Å². The standard InChI is InChI=1S/C15H20N2O2S2/c1-3-19-13-6-4-12(5-7-13)11-16-17-14(18)10-15(2)20-8-9-21-15/h4-7,11H,3,8-10H2,1-2H3,(H,17,18)/b16-11-. The molecule has 1 aliphatic rings. The van der Waals surface area contributed by atoms with E-state index in [1.54, 1.807) is 6.21 Å². The zero-order valence-electron chi connectivity index (χ0n) is 12.3. The summed E-state index contributed by atoms with van der Waals surface area (Å²) in [7, 11) is 0. The molecule has 0 atom stereocenters. The molecule has 1 fully saturated rings. The van der Waals surface area contributed by atoms with Gasteiger partial charge in [0, 0.05) is 11.5 Å². The lowest BCUT2D eigenvalue weighted by Crippen LogP contribution is -2.26. The van der Waals surface area contributed by atoms with Crippen molar-refractivity contribution in [3.63, 3.8) is 0 Å². The Balaban J connectivity index is 1.80. The van der Waals surface area contributed by atoms with Crippen molar-refractivity contribution in [1.82, 2.24) is 5.43 Å². The maximum atomic E-state index is 11.9. The normalized spacial score (nSPS) is 17.0. The summed E-state index contributed by atoms with van der Waals surface area (Å²) in [6, 6.07) is 7.59. The molecule has 0 unspecified atom stereocenters. The van der Waals surface area contributed by atoms with Crippen molar-refractivity contribution in [3.05, 3.63) is 29.8 Å². The molecular weight excluding hydrogens is 304 g/mol. The van der Waals surface area contributed by atoms with Gasteiger partial charge in [-0.05, 0) is 43.7 Å². The second kappa shape index (κ2) is 7.75. The molecule has 0 aliphatic carbocycles. The van der Waals surface area contributed by atoms with E-state index in [1.165, 1.54) is 0 Å². The van der Waals surface area contributed by atoms with E-state index in [1.807, 2.05) is 54.7 Å². The Hall–Kier alpha value is -1.14. The number of hydrazone groups is 1. The number of carbonyl (C=O) groups is 1. The third kappa shape index (κ3) is 5.28. The Morgan fingerprint density at radius 2 is 2.05 bits per heavy atom. The van der Waals surface area contributed by atoms with Crippen molar-refractivity contribution in [2.45, 2.75) is 24.3 Å². The number of rotatable bonds is 6. The quantitative estimate of drug-likeness (QED) is 0.645. The topological polar surface area (TPSA) is 50.7 Å². The van der Waals surface area contributed by atoms with Crippen LogP contribution in [0.15, 0.2) is 29.4 Å². The van der Waals surface area contributed by atoms with E-state index in [4.69, 9.17) is 4.74 Å². The van der Waals surface area contributed by atoms with E-state index in [0.29, 0.717) is 13.0 Å². The average molecular weight is 324 g/mol. The van der Waals surface area contributed by atoms with Gasteiger partial charge in [0.05, 0.1) is 23.3 Å². The van der Waals surface area contributed by atoms with Crippen LogP contribution in [0, 0.1) is 0 Å². The predicted molar refractivity (Wildman–Crippen MR) is 91.3 cm³/mol. The molecule has 0 bridgehead atoms. The lowest BCUT2D eigenvalue weighted by atomic mass is 10.2. The van der Waals surface area contributed by atoms with Gasteiger partial charge in [0.1, 0.15) is 5.75 Å². The number of hydrogen-bond donors (Lipinski definition) is 1. The highest BCUT2D eigenvalue weighted by atomic mass is 32.2. The van der Waals surface area contributed by atoms with Gasteiger partial charge in [-0.15, -0.1) is 23.5 Å². The Morgan fingerprint density at radius 3 is 2.67 bits per heavy atom. The summed E-state index contributed by atoms with van der Waals surface area (Å²) in [5, 5.41) is 4.01. The van der Waals surface area contributed by atoms with Gasteiger partial charge in [-0.2, -0.15) is 5.10 Å². The first-order valence-electron chi connectivity index (χ1n) is 6.94. The molecule has 0 aromatic heterocycles. The molecular formula is C15H20N2O2S2. The number of nitrogens with zero attached hydrogens (tertiary/aromatic N) is 1. The van der Waals surface area contributed by atoms with Crippen LogP contribution < -0.4 is 10.2 Å². The molecule has 1 heterocycles. The SMILES string of the molecule is CCOc1ccc(/C=N\NC(=O)CC2(C)SCCS2)cc1. The van der Waals surface area contributed by atoms with Gasteiger partial charge in [-0.25, -0.2) is 5.43 Å². The van der Waals surface area contributed by atoms with Crippen molar-refractivity contribution in [2.75, 3.05) is 18.1 Å². The lowest BCUT2D eigenvalue weighted by Gasteiger charge is -2.19. The Morgan fingerprint density at radius 1 is 1.38 bits per heavy atom. The maximum Gasteiger partial charge on any atom is 0.242 e. The second-order valence-corrected chi connectivity index (χ2v) is 8.26. The Kier molecular flexibility index (Phi) is 5.99. The van der Waals surface area contributed by atoms with Crippen molar-refractivity contribution in [2.24, 2.45) is 5.10 Å². The maximum absolute atomic E-state index is 11.9. The molecule has 1 aromatic carbocycles. The molecule has 114 valence electrons. The molecule has 2 rings (SSSR count). The van der Waals surface area contributed by atoms with Crippen LogP contribution in [0.1, 0.15) is 25.8 Å². The Bertz CT molecular complexity index is 497. The highest BCUT2D eigenvalue weighted by Crippen LogP contribution is 2.45. The van der Waals surface area contributed by atoms with Crippen molar-refractivity contribution >= 4 is 35.6 Å². The summed E-state index contributed by atoms with van der Waals surface area (Å²) < 4.78 is 5.37. The number of hydrogen-bond acceptors (Lipinski definition) is 5. The van der Waals surface area contributed by atoms with E-state index < -0.39 is 0 Å². The van der Waals surface area contributed by atoms with Crippen molar-refractivity contribution < 1.29 is 9.53 Å². The highest BCUT2D eigenvalue weighted by molar-refractivity contribution is 8.21. The first-order valence-corrected chi connectivity index (χ1v) is 8.91. The predicted octanol–water partition coefficient (Wildman–Crippen LogP) is 3.12. The zero-order chi connectivity index (χ0) is 15.1. The molecule has 0 spiro atoms. The van der Waals surface area contributed by atoms with E-state index in [9.17, 15) is 4.79 Å². The number of amides is 1. The second-order valence-electron chi connectivity index (χ2n) is 4.80. The fourth-order valence-electron chi connectivity index (χ4n) is 1.99. The molecule has 4 nitrogen and oxygen atoms in total. The van der Waals surface area contributed by atoms with Gasteiger partial charge >= 0.3 is 0 Å².